The standard InChI is InChI=1S/C15H13BrO2/c16-12-7-3-1-5-10(12)15-9-13(17)11-6-2-4-8-14(11)18-15/h1-8,13,15,17H,9H2/t13-,15?/m0/s1. The van der Waals surface area contributed by atoms with Gasteiger partial charge in [0, 0.05) is 22.0 Å². The van der Waals surface area contributed by atoms with Crippen LogP contribution >= 0.6 is 15.9 Å². The van der Waals surface area contributed by atoms with Crippen molar-refractivity contribution in [2.24, 2.45) is 0 Å². The molecule has 1 unspecified atom stereocenters. The first kappa shape index (κ1) is 11.8. The molecule has 1 heterocycles. The van der Waals surface area contributed by atoms with E-state index in [0.29, 0.717) is 6.42 Å². The summed E-state index contributed by atoms with van der Waals surface area (Å²) >= 11 is 3.53. The number of hydrogen-bond acceptors (Lipinski definition) is 2. The largest absolute Gasteiger partial charge is 0.485 e. The maximum atomic E-state index is 10.2. The molecule has 1 aliphatic heterocycles. The van der Waals surface area contributed by atoms with Gasteiger partial charge in [-0.05, 0) is 12.1 Å². The van der Waals surface area contributed by atoms with Crippen LogP contribution in [0.4, 0.5) is 0 Å². The fourth-order valence-corrected chi connectivity index (χ4v) is 2.86. The minimum absolute atomic E-state index is 0.106. The van der Waals surface area contributed by atoms with E-state index in [9.17, 15) is 5.11 Å². The Morgan fingerprint density at radius 2 is 1.67 bits per heavy atom. The maximum Gasteiger partial charge on any atom is 0.128 e. The molecule has 18 heavy (non-hydrogen) atoms. The molecule has 0 bridgehead atoms. The highest BCUT2D eigenvalue weighted by molar-refractivity contribution is 9.10. The van der Waals surface area contributed by atoms with Crippen molar-refractivity contribution in [2.75, 3.05) is 0 Å². The second-order valence-electron chi connectivity index (χ2n) is 4.42. The van der Waals surface area contributed by atoms with Gasteiger partial charge >= 0.3 is 0 Å². The minimum atomic E-state index is -0.466. The van der Waals surface area contributed by atoms with E-state index in [1.165, 1.54) is 0 Å². The number of benzene rings is 2. The molecule has 2 atom stereocenters. The van der Waals surface area contributed by atoms with E-state index in [1.54, 1.807) is 0 Å². The molecule has 0 fully saturated rings. The van der Waals surface area contributed by atoms with Crippen LogP contribution in [0.25, 0.3) is 0 Å². The smallest absolute Gasteiger partial charge is 0.128 e. The lowest BCUT2D eigenvalue weighted by Gasteiger charge is -2.30. The first-order valence-electron chi connectivity index (χ1n) is 5.94. The second kappa shape index (κ2) is 4.75. The van der Waals surface area contributed by atoms with Gasteiger partial charge in [0.2, 0.25) is 0 Å². The molecule has 92 valence electrons. The number of para-hydroxylation sites is 1. The highest BCUT2D eigenvalue weighted by atomic mass is 79.9. The van der Waals surface area contributed by atoms with Crippen LogP contribution in [0.2, 0.25) is 0 Å². The summed E-state index contributed by atoms with van der Waals surface area (Å²) in [5.41, 5.74) is 1.95. The zero-order chi connectivity index (χ0) is 12.5. The van der Waals surface area contributed by atoms with Crippen LogP contribution in [-0.4, -0.2) is 5.11 Å². The lowest BCUT2D eigenvalue weighted by atomic mass is 9.95. The third-order valence-electron chi connectivity index (χ3n) is 3.24. The van der Waals surface area contributed by atoms with Gasteiger partial charge in [-0.1, -0.05) is 52.3 Å². The summed E-state index contributed by atoms with van der Waals surface area (Å²) in [6, 6.07) is 15.6. The van der Waals surface area contributed by atoms with Gasteiger partial charge in [-0.3, -0.25) is 0 Å². The highest BCUT2D eigenvalue weighted by Crippen LogP contribution is 2.41. The third-order valence-corrected chi connectivity index (χ3v) is 3.96. The van der Waals surface area contributed by atoms with Crippen molar-refractivity contribution in [1.29, 1.82) is 0 Å². The van der Waals surface area contributed by atoms with E-state index in [0.717, 1.165) is 21.3 Å². The molecule has 0 aromatic heterocycles. The summed E-state index contributed by atoms with van der Waals surface area (Å²) in [6.45, 7) is 0. The Bertz CT molecular complexity index is 568. The van der Waals surface area contributed by atoms with Crippen molar-refractivity contribution in [3.8, 4) is 5.75 Å². The number of aliphatic hydroxyl groups excluding tert-OH is 1. The van der Waals surface area contributed by atoms with E-state index in [1.807, 2.05) is 48.5 Å². The Balaban J connectivity index is 1.97. The fourth-order valence-electron chi connectivity index (χ4n) is 2.32. The number of ether oxygens (including phenoxy) is 1. The molecule has 0 amide bonds. The van der Waals surface area contributed by atoms with Gasteiger partial charge in [0.05, 0.1) is 6.10 Å². The highest BCUT2D eigenvalue weighted by Gasteiger charge is 2.28. The van der Waals surface area contributed by atoms with Gasteiger partial charge < -0.3 is 9.84 Å². The molecular weight excluding hydrogens is 292 g/mol. The van der Waals surface area contributed by atoms with Gasteiger partial charge in [0.1, 0.15) is 11.9 Å². The zero-order valence-electron chi connectivity index (χ0n) is 9.71. The summed E-state index contributed by atoms with van der Waals surface area (Å²) in [7, 11) is 0. The average molecular weight is 305 g/mol. The topological polar surface area (TPSA) is 29.5 Å². The molecular formula is C15H13BrO2. The van der Waals surface area contributed by atoms with Crippen LogP contribution in [0, 0.1) is 0 Å². The predicted octanol–water partition coefficient (Wildman–Crippen LogP) is 4.01. The summed E-state index contributed by atoms with van der Waals surface area (Å²) in [5.74, 6) is 0.775. The number of rotatable bonds is 1. The zero-order valence-corrected chi connectivity index (χ0v) is 11.3. The van der Waals surface area contributed by atoms with Crippen molar-refractivity contribution in [3.63, 3.8) is 0 Å². The number of aliphatic hydroxyl groups is 1. The van der Waals surface area contributed by atoms with E-state index in [-0.39, 0.29) is 6.10 Å². The molecule has 3 heteroatoms. The van der Waals surface area contributed by atoms with Crippen molar-refractivity contribution < 1.29 is 9.84 Å². The third kappa shape index (κ3) is 2.04. The molecule has 0 saturated heterocycles. The van der Waals surface area contributed by atoms with Gasteiger partial charge in [-0.25, -0.2) is 0 Å². The Morgan fingerprint density at radius 3 is 2.44 bits per heavy atom. The van der Waals surface area contributed by atoms with Crippen LogP contribution in [0.3, 0.4) is 0 Å². The molecule has 0 aliphatic carbocycles. The van der Waals surface area contributed by atoms with Crippen LogP contribution in [0.5, 0.6) is 5.75 Å². The van der Waals surface area contributed by atoms with Crippen LogP contribution in [0.1, 0.15) is 29.8 Å². The normalized spacial score (nSPS) is 22.1. The van der Waals surface area contributed by atoms with Crippen molar-refractivity contribution in [2.45, 2.75) is 18.6 Å². The number of fused-ring (bicyclic) bond motifs is 1. The average Bonchev–Trinajstić information content (AvgIpc) is 2.39. The SMILES string of the molecule is O[C@H]1CC(c2ccccc2Br)Oc2ccccc21. The number of hydrogen-bond donors (Lipinski definition) is 1. The van der Waals surface area contributed by atoms with Gasteiger partial charge in [-0.15, -0.1) is 0 Å². The van der Waals surface area contributed by atoms with Crippen molar-refractivity contribution in [1.82, 2.24) is 0 Å². The lowest BCUT2D eigenvalue weighted by molar-refractivity contribution is 0.0654. The monoisotopic (exact) mass is 304 g/mol. The van der Waals surface area contributed by atoms with Gasteiger partial charge in [0.25, 0.3) is 0 Å². The quantitative estimate of drug-likeness (QED) is 0.862. The van der Waals surface area contributed by atoms with Crippen molar-refractivity contribution >= 4 is 15.9 Å². The molecule has 1 N–H and O–H groups in total. The van der Waals surface area contributed by atoms with Crippen LogP contribution in [-0.2, 0) is 0 Å². The van der Waals surface area contributed by atoms with Crippen LogP contribution < -0.4 is 4.74 Å². The molecule has 3 rings (SSSR count). The molecule has 2 aromatic carbocycles. The summed E-state index contributed by atoms with van der Waals surface area (Å²) in [5, 5.41) is 10.2. The van der Waals surface area contributed by atoms with E-state index >= 15 is 0 Å². The van der Waals surface area contributed by atoms with E-state index < -0.39 is 6.10 Å². The Hall–Kier alpha value is -1.32. The molecule has 0 saturated carbocycles. The second-order valence-corrected chi connectivity index (χ2v) is 5.27. The fraction of sp³-hybridized carbons (Fsp3) is 0.200. The summed E-state index contributed by atoms with van der Waals surface area (Å²) < 4.78 is 6.99. The Labute approximate surface area is 114 Å². The van der Waals surface area contributed by atoms with Gasteiger partial charge in [0.15, 0.2) is 0 Å². The van der Waals surface area contributed by atoms with E-state index in [4.69, 9.17) is 4.74 Å². The maximum absolute atomic E-state index is 10.2. The lowest BCUT2D eigenvalue weighted by Crippen LogP contribution is -2.19. The Kier molecular flexibility index (Phi) is 3.10. The first-order chi connectivity index (χ1) is 8.75. The molecule has 2 aromatic rings. The minimum Gasteiger partial charge on any atom is -0.485 e. The molecule has 1 aliphatic rings. The Morgan fingerprint density at radius 1 is 1.00 bits per heavy atom. The molecule has 2 nitrogen and oxygen atoms in total. The van der Waals surface area contributed by atoms with Crippen molar-refractivity contribution in [3.05, 3.63) is 64.1 Å². The summed E-state index contributed by atoms with van der Waals surface area (Å²) in [6.07, 6.45) is 0.0112. The summed E-state index contributed by atoms with van der Waals surface area (Å²) in [4.78, 5) is 0. The number of halogens is 1. The van der Waals surface area contributed by atoms with Crippen LogP contribution in [0.15, 0.2) is 53.0 Å². The molecule has 0 radical (unpaired) electrons. The predicted molar refractivity (Wildman–Crippen MR) is 73.5 cm³/mol. The molecule has 0 spiro atoms. The first-order valence-corrected chi connectivity index (χ1v) is 6.73. The van der Waals surface area contributed by atoms with Gasteiger partial charge in [-0.2, -0.15) is 0 Å². The van der Waals surface area contributed by atoms with E-state index in [2.05, 4.69) is 15.9 Å².